The molecule has 0 amide bonds. The van der Waals surface area contributed by atoms with E-state index in [4.69, 9.17) is 0 Å². The monoisotopic (exact) mass is 285 g/mol. The van der Waals surface area contributed by atoms with E-state index in [2.05, 4.69) is 45.4 Å². The Morgan fingerprint density at radius 1 is 0.905 bits per heavy atom. The summed E-state index contributed by atoms with van der Waals surface area (Å²) in [6, 6.07) is 11.8. The average Bonchev–Trinajstić information content (AvgIpc) is 3.10. The van der Waals surface area contributed by atoms with E-state index in [1.807, 2.05) is 0 Å². The minimum absolute atomic E-state index is 0.876. The smallest absolute Gasteiger partial charge is 0.0234 e. The van der Waals surface area contributed by atoms with Crippen LogP contribution in [0.15, 0.2) is 30.3 Å². The first-order chi connectivity index (χ1) is 10.4. The molecule has 3 heteroatoms. The number of benzene rings is 1. The molecule has 4 rings (SSSR count). The van der Waals surface area contributed by atoms with Crippen molar-refractivity contribution >= 4 is 0 Å². The van der Waals surface area contributed by atoms with Crippen LogP contribution in [-0.4, -0.2) is 55.1 Å². The van der Waals surface area contributed by atoms with E-state index in [1.54, 1.807) is 0 Å². The van der Waals surface area contributed by atoms with Crippen LogP contribution in [0.2, 0.25) is 0 Å². The molecule has 2 unspecified atom stereocenters. The maximum absolute atomic E-state index is 3.56. The Bertz CT molecular complexity index is 441. The standard InChI is InChI=1S/C18H27N3/c1-2-4-15(5-3-1)14-20-6-8-21(9-7-20)18-10-16-12-19-13-17(16)11-18/h1-5,16-19H,6-14H2. The van der Waals surface area contributed by atoms with Gasteiger partial charge in [-0.1, -0.05) is 30.3 Å². The molecule has 3 nitrogen and oxygen atoms in total. The maximum atomic E-state index is 3.56. The molecule has 2 heterocycles. The molecule has 1 N–H and O–H groups in total. The first kappa shape index (κ1) is 13.7. The van der Waals surface area contributed by atoms with Crippen molar-refractivity contribution in [2.45, 2.75) is 25.4 Å². The van der Waals surface area contributed by atoms with Crippen molar-refractivity contribution in [1.29, 1.82) is 0 Å². The number of nitrogens with one attached hydrogen (secondary N) is 1. The van der Waals surface area contributed by atoms with Crippen LogP contribution < -0.4 is 5.32 Å². The number of hydrogen-bond donors (Lipinski definition) is 1. The van der Waals surface area contributed by atoms with Crippen LogP contribution in [0.5, 0.6) is 0 Å². The Morgan fingerprint density at radius 3 is 2.24 bits per heavy atom. The Morgan fingerprint density at radius 2 is 1.57 bits per heavy atom. The van der Waals surface area contributed by atoms with Crippen LogP contribution >= 0.6 is 0 Å². The van der Waals surface area contributed by atoms with Gasteiger partial charge in [0.1, 0.15) is 0 Å². The van der Waals surface area contributed by atoms with E-state index in [9.17, 15) is 0 Å². The van der Waals surface area contributed by atoms with Crippen LogP contribution in [0.3, 0.4) is 0 Å². The molecule has 114 valence electrons. The van der Waals surface area contributed by atoms with Crippen LogP contribution in [0.4, 0.5) is 0 Å². The zero-order valence-electron chi connectivity index (χ0n) is 12.9. The van der Waals surface area contributed by atoms with Gasteiger partial charge in [-0.05, 0) is 43.3 Å². The van der Waals surface area contributed by atoms with Gasteiger partial charge in [0.15, 0.2) is 0 Å². The van der Waals surface area contributed by atoms with E-state index in [0.29, 0.717) is 0 Å². The van der Waals surface area contributed by atoms with Gasteiger partial charge in [0.25, 0.3) is 0 Å². The fourth-order valence-electron chi connectivity index (χ4n) is 4.56. The molecule has 3 aliphatic rings. The van der Waals surface area contributed by atoms with Gasteiger partial charge in [-0.25, -0.2) is 0 Å². The van der Waals surface area contributed by atoms with Crippen LogP contribution in [0, 0.1) is 11.8 Å². The van der Waals surface area contributed by atoms with Crippen LogP contribution in [0.1, 0.15) is 18.4 Å². The highest BCUT2D eigenvalue weighted by atomic mass is 15.3. The predicted molar refractivity (Wildman–Crippen MR) is 86.2 cm³/mol. The Kier molecular flexibility index (Phi) is 3.97. The summed E-state index contributed by atoms with van der Waals surface area (Å²) in [7, 11) is 0. The third-order valence-electron chi connectivity index (χ3n) is 5.80. The van der Waals surface area contributed by atoms with Gasteiger partial charge in [0.05, 0.1) is 0 Å². The summed E-state index contributed by atoms with van der Waals surface area (Å²) in [5.74, 6) is 1.94. The molecule has 1 aromatic carbocycles. The molecule has 0 spiro atoms. The second kappa shape index (κ2) is 6.07. The van der Waals surface area contributed by atoms with Gasteiger partial charge in [0, 0.05) is 38.8 Å². The van der Waals surface area contributed by atoms with E-state index in [-0.39, 0.29) is 0 Å². The van der Waals surface area contributed by atoms with Crippen molar-refractivity contribution < 1.29 is 0 Å². The number of rotatable bonds is 3. The number of piperazine rings is 1. The molecule has 2 aliphatic heterocycles. The lowest BCUT2D eigenvalue weighted by Gasteiger charge is -2.38. The van der Waals surface area contributed by atoms with Crippen molar-refractivity contribution in [3.63, 3.8) is 0 Å². The summed E-state index contributed by atoms with van der Waals surface area (Å²) in [4.78, 5) is 5.39. The largest absolute Gasteiger partial charge is 0.316 e. The summed E-state index contributed by atoms with van der Waals surface area (Å²) in [6.45, 7) is 8.67. The third kappa shape index (κ3) is 3.01. The molecule has 1 aliphatic carbocycles. The minimum atomic E-state index is 0.876. The Hall–Kier alpha value is -0.900. The van der Waals surface area contributed by atoms with E-state index >= 15 is 0 Å². The van der Waals surface area contributed by atoms with E-state index < -0.39 is 0 Å². The predicted octanol–water partition coefficient (Wildman–Crippen LogP) is 1.80. The maximum Gasteiger partial charge on any atom is 0.0234 e. The van der Waals surface area contributed by atoms with Crippen molar-refractivity contribution in [2.75, 3.05) is 39.3 Å². The molecule has 3 fully saturated rings. The average molecular weight is 285 g/mol. The normalized spacial score (nSPS) is 34.2. The zero-order chi connectivity index (χ0) is 14.1. The quantitative estimate of drug-likeness (QED) is 0.913. The lowest BCUT2D eigenvalue weighted by Crippen LogP contribution is -2.49. The summed E-state index contributed by atoms with van der Waals surface area (Å²) >= 11 is 0. The molecular weight excluding hydrogens is 258 g/mol. The molecule has 21 heavy (non-hydrogen) atoms. The van der Waals surface area contributed by atoms with Gasteiger partial charge < -0.3 is 5.32 Å². The van der Waals surface area contributed by atoms with E-state index in [0.717, 1.165) is 24.4 Å². The van der Waals surface area contributed by atoms with Gasteiger partial charge in [-0.2, -0.15) is 0 Å². The summed E-state index contributed by atoms with van der Waals surface area (Å²) in [5.41, 5.74) is 1.45. The highest BCUT2D eigenvalue weighted by Gasteiger charge is 2.40. The minimum Gasteiger partial charge on any atom is -0.316 e. The number of nitrogens with zero attached hydrogens (tertiary/aromatic N) is 2. The molecule has 1 aromatic rings. The highest BCUT2D eigenvalue weighted by molar-refractivity contribution is 5.14. The first-order valence-corrected chi connectivity index (χ1v) is 8.59. The van der Waals surface area contributed by atoms with Crippen LogP contribution in [0.25, 0.3) is 0 Å². The van der Waals surface area contributed by atoms with Crippen molar-refractivity contribution in [1.82, 2.24) is 15.1 Å². The van der Waals surface area contributed by atoms with Crippen molar-refractivity contribution in [3.8, 4) is 0 Å². The second-order valence-corrected chi connectivity index (χ2v) is 7.10. The first-order valence-electron chi connectivity index (χ1n) is 8.59. The van der Waals surface area contributed by atoms with Gasteiger partial charge in [0.2, 0.25) is 0 Å². The summed E-state index contributed by atoms with van der Waals surface area (Å²) in [5, 5.41) is 3.56. The highest BCUT2D eigenvalue weighted by Crippen LogP contribution is 2.37. The summed E-state index contributed by atoms with van der Waals surface area (Å²) in [6.07, 6.45) is 2.88. The SMILES string of the molecule is c1ccc(CN2CCN(C3CC4CNCC4C3)CC2)cc1. The van der Waals surface area contributed by atoms with Crippen molar-refractivity contribution in [2.24, 2.45) is 11.8 Å². The fourth-order valence-corrected chi connectivity index (χ4v) is 4.56. The van der Waals surface area contributed by atoms with Gasteiger partial charge in [-0.15, -0.1) is 0 Å². The topological polar surface area (TPSA) is 18.5 Å². The molecule has 1 saturated carbocycles. The lowest BCUT2D eigenvalue weighted by molar-refractivity contribution is 0.0906. The molecule has 2 saturated heterocycles. The molecule has 2 atom stereocenters. The number of fused-ring (bicyclic) bond motifs is 1. The van der Waals surface area contributed by atoms with E-state index in [1.165, 1.54) is 57.7 Å². The molecule has 0 aromatic heterocycles. The number of hydrogen-bond acceptors (Lipinski definition) is 3. The molecule has 0 radical (unpaired) electrons. The second-order valence-electron chi connectivity index (χ2n) is 7.10. The molecular formula is C18H27N3. The molecule has 0 bridgehead atoms. The fraction of sp³-hybridized carbons (Fsp3) is 0.667. The van der Waals surface area contributed by atoms with Crippen LogP contribution in [-0.2, 0) is 6.54 Å². The lowest BCUT2D eigenvalue weighted by atomic mass is 10.0. The Balaban J connectivity index is 1.27. The van der Waals surface area contributed by atoms with Crippen molar-refractivity contribution in [3.05, 3.63) is 35.9 Å². The summed E-state index contributed by atoms with van der Waals surface area (Å²) < 4.78 is 0. The zero-order valence-corrected chi connectivity index (χ0v) is 12.9. The third-order valence-corrected chi connectivity index (χ3v) is 5.80. The van der Waals surface area contributed by atoms with Gasteiger partial charge >= 0.3 is 0 Å². The Labute approximate surface area is 128 Å². The van der Waals surface area contributed by atoms with Gasteiger partial charge in [-0.3, -0.25) is 9.80 Å².